The first-order valence-electron chi connectivity index (χ1n) is 5.58. The number of hydrogen-bond acceptors (Lipinski definition) is 2. The maximum Gasteiger partial charge on any atom is 0.305 e. The Labute approximate surface area is 104 Å². The Bertz CT molecular complexity index is 578. The van der Waals surface area contributed by atoms with E-state index >= 15 is 0 Å². The number of aliphatic carboxylic acids is 1. The van der Waals surface area contributed by atoms with E-state index in [0.29, 0.717) is 6.54 Å². The molecule has 0 atom stereocenters. The second kappa shape index (κ2) is 5.00. The highest BCUT2D eigenvalue weighted by Gasteiger charge is 2.10. The summed E-state index contributed by atoms with van der Waals surface area (Å²) in [6.45, 7) is 2.16. The Morgan fingerprint density at radius 1 is 1.50 bits per heavy atom. The molecule has 0 aliphatic rings. The van der Waals surface area contributed by atoms with E-state index in [0.717, 1.165) is 16.8 Å². The smallest absolute Gasteiger partial charge is 0.305 e. The first kappa shape index (κ1) is 12.3. The number of hydrogen-bond donors (Lipinski definition) is 1. The molecule has 2 rings (SSSR count). The fourth-order valence-electron chi connectivity index (χ4n) is 1.81. The quantitative estimate of drug-likeness (QED) is 0.904. The third-order valence-electron chi connectivity index (χ3n) is 2.78. The van der Waals surface area contributed by atoms with Crippen LogP contribution in [0.15, 0.2) is 30.5 Å². The number of aromatic nitrogens is 2. The number of carbonyl (C=O) groups is 1. The highest BCUT2D eigenvalue weighted by atomic mass is 19.1. The summed E-state index contributed by atoms with van der Waals surface area (Å²) in [5.41, 5.74) is 2.40. The molecule has 0 saturated heterocycles. The van der Waals surface area contributed by atoms with Gasteiger partial charge in [0, 0.05) is 11.3 Å². The van der Waals surface area contributed by atoms with Crippen LogP contribution in [0.25, 0.3) is 11.1 Å². The minimum absolute atomic E-state index is 0.0190. The van der Waals surface area contributed by atoms with E-state index in [9.17, 15) is 9.18 Å². The molecule has 0 aliphatic carbocycles. The van der Waals surface area contributed by atoms with Crippen LogP contribution in [0.4, 0.5) is 4.39 Å². The minimum Gasteiger partial charge on any atom is -0.481 e. The number of benzene rings is 1. The second-order valence-electron chi connectivity index (χ2n) is 4.02. The molecule has 0 bridgehead atoms. The number of aryl methyl sites for hydroxylation is 1. The van der Waals surface area contributed by atoms with Crippen LogP contribution in [-0.4, -0.2) is 20.9 Å². The van der Waals surface area contributed by atoms with Crippen molar-refractivity contribution in [2.75, 3.05) is 0 Å². The van der Waals surface area contributed by atoms with E-state index in [1.165, 1.54) is 12.1 Å². The zero-order valence-electron chi connectivity index (χ0n) is 9.93. The lowest BCUT2D eigenvalue weighted by molar-refractivity contribution is -0.137. The monoisotopic (exact) mass is 248 g/mol. The van der Waals surface area contributed by atoms with Crippen LogP contribution < -0.4 is 0 Å². The van der Waals surface area contributed by atoms with Crippen molar-refractivity contribution < 1.29 is 14.3 Å². The first-order chi connectivity index (χ1) is 8.58. The lowest BCUT2D eigenvalue weighted by Crippen LogP contribution is -2.07. The largest absolute Gasteiger partial charge is 0.481 e. The topological polar surface area (TPSA) is 55.1 Å². The van der Waals surface area contributed by atoms with Gasteiger partial charge in [0.1, 0.15) is 5.82 Å². The molecule has 18 heavy (non-hydrogen) atoms. The van der Waals surface area contributed by atoms with Gasteiger partial charge in [-0.3, -0.25) is 9.48 Å². The van der Waals surface area contributed by atoms with Crippen molar-refractivity contribution in [2.24, 2.45) is 0 Å². The van der Waals surface area contributed by atoms with Crippen LogP contribution in [0.3, 0.4) is 0 Å². The van der Waals surface area contributed by atoms with Crippen LogP contribution in [-0.2, 0) is 11.3 Å². The van der Waals surface area contributed by atoms with Crippen molar-refractivity contribution in [3.05, 3.63) is 42.0 Å². The van der Waals surface area contributed by atoms with Crippen molar-refractivity contribution in [2.45, 2.75) is 19.9 Å². The van der Waals surface area contributed by atoms with Gasteiger partial charge >= 0.3 is 5.97 Å². The van der Waals surface area contributed by atoms with Crippen LogP contribution in [0.1, 0.15) is 12.1 Å². The Morgan fingerprint density at radius 3 is 2.94 bits per heavy atom. The average Bonchev–Trinajstić information content (AvgIpc) is 2.68. The maximum absolute atomic E-state index is 13.1. The van der Waals surface area contributed by atoms with Crippen molar-refractivity contribution in [1.29, 1.82) is 0 Å². The molecular formula is C13H13FN2O2. The molecule has 0 saturated carbocycles. The standard InChI is InChI=1S/C13H13FN2O2/c1-9-12(10-3-2-4-11(14)7-10)8-15-16(9)6-5-13(17)18/h2-4,7-8H,5-6H2,1H3,(H,17,18). The first-order valence-corrected chi connectivity index (χ1v) is 5.58. The van der Waals surface area contributed by atoms with E-state index in [-0.39, 0.29) is 12.2 Å². The molecule has 0 aliphatic heterocycles. The van der Waals surface area contributed by atoms with Crippen LogP contribution in [0.5, 0.6) is 0 Å². The highest BCUT2D eigenvalue weighted by Crippen LogP contribution is 2.23. The normalized spacial score (nSPS) is 10.6. The molecule has 0 unspecified atom stereocenters. The molecule has 94 valence electrons. The molecule has 5 heteroatoms. The van der Waals surface area contributed by atoms with E-state index in [4.69, 9.17) is 5.11 Å². The highest BCUT2D eigenvalue weighted by molar-refractivity contribution is 5.67. The van der Waals surface area contributed by atoms with E-state index in [1.807, 2.05) is 6.92 Å². The van der Waals surface area contributed by atoms with Crippen molar-refractivity contribution >= 4 is 5.97 Å². The van der Waals surface area contributed by atoms with Gasteiger partial charge in [0.15, 0.2) is 0 Å². The van der Waals surface area contributed by atoms with Gasteiger partial charge in [-0.25, -0.2) is 4.39 Å². The van der Waals surface area contributed by atoms with Crippen LogP contribution >= 0.6 is 0 Å². The second-order valence-corrected chi connectivity index (χ2v) is 4.02. The molecule has 4 nitrogen and oxygen atoms in total. The summed E-state index contributed by atoms with van der Waals surface area (Å²) in [6.07, 6.45) is 1.65. The average molecular weight is 248 g/mol. The predicted octanol–water partition coefficient (Wildman–Crippen LogP) is 2.47. The lowest BCUT2D eigenvalue weighted by atomic mass is 10.1. The Balaban J connectivity index is 2.28. The molecule has 0 amide bonds. The van der Waals surface area contributed by atoms with Crippen molar-refractivity contribution in [3.63, 3.8) is 0 Å². The number of halogens is 1. The molecule has 1 aromatic heterocycles. The predicted molar refractivity (Wildman–Crippen MR) is 64.6 cm³/mol. The van der Waals surface area contributed by atoms with Crippen LogP contribution in [0.2, 0.25) is 0 Å². The summed E-state index contributed by atoms with van der Waals surface area (Å²) in [7, 11) is 0. The van der Waals surface area contributed by atoms with Gasteiger partial charge in [0.2, 0.25) is 0 Å². The van der Waals surface area contributed by atoms with Gasteiger partial charge in [0.25, 0.3) is 0 Å². The third-order valence-corrected chi connectivity index (χ3v) is 2.78. The lowest BCUT2D eigenvalue weighted by Gasteiger charge is -2.04. The number of carboxylic acid groups (broad SMARTS) is 1. The van der Waals surface area contributed by atoms with E-state index < -0.39 is 5.97 Å². The Morgan fingerprint density at radius 2 is 2.28 bits per heavy atom. The van der Waals surface area contributed by atoms with E-state index in [2.05, 4.69) is 5.10 Å². The molecule has 1 heterocycles. The van der Waals surface area contributed by atoms with Crippen LogP contribution in [0, 0.1) is 12.7 Å². The van der Waals surface area contributed by atoms with Gasteiger partial charge in [-0.2, -0.15) is 5.10 Å². The molecule has 1 aromatic carbocycles. The maximum atomic E-state index is 13.1. The molecular weight excluding hydrogens is 235 g/mol. The molecule has 0 radical (unpaired) electrons. The Kier molecular flexibility index (Phi) is 3.41. The molecule has 0 spiro atoms. The summed E-state index contributed by atoms with van der Waals surface area (Å²) in [6, 6.07) is 6.26. The number of carboxylic acids is 1. The minimum atomic E-state index is -0.864. The summed E-state index contributed by atoms with van der Waals surface area (Å²) in [5.74, 6) is -1.16. The Hall–Kier alpha value is -2.17. The third kappa shape index (κ3) is 2.56. The van der Waals surface area contributed by atoms with Gasteiger partial charge in [-0.1, -0.05) is 12.1 Å². The van der Waals surface area contributed by atoms with Crippen molar-refractivity contribution in [1.82, 2.24) is 9.78 Å². The fourth-order valence-corrected chi connectivity index (χ4v) is 1.81. The van der Waals surface area contributed by atoms with E-state index in [1.54, 1.807) is 23.0 Å². The molecule has 0 fully saturated rings. The van der Waals surface area contributed by atoms with Gasteiger partial charge in [-0.05, 0) is 24.6 Å². The van der Waals surface area contributed by atoms with Crippen molar-refractivity contribution in [3.8, 4) is 11.1 Å². The zero-order chi connectivity index (χ0) is 13.1. The summed E-state index contributed by atoms with van der Waals surface area (Å²) in [4.78, 5) is 10.5. The number of nitrogens with zero attached hydrogens (tertiary/aromatic N) is 2. The molecule has 1 N–H and O–H groups in total. The summed E-state index contributed by atoms with van der Waals surface area (Å²) < 4.78 is 14.8. The van der Waals surface area contributed by atoms with Gasteiger partial charge in [0.05, 0.1) is 19.2 Å². The summed E-state index contributed by atoms with van der Waals surface area (Å²) >= 11 is 0. The fraction of sp³-hybridized carbons (Fsp3) is 0.231. The zero-order valence-corrected chi connectivity index (χ0v) is 9.93. The van der Waals surface area contributed by atoms with Gasteiger partial charge in [-0.15, -0.1) is 0 Å². The molecule has 2 aromatic rings. The SMILES string of the molecule is Cc1c(-c2cccc(F)c2)cnn1CCC(=O)O. The number of rotatable bonds is 4. The van der Waals surface area contributed by atoms with Gasteiger partial charge < -0.3 is 5.11 Å². The summed E-state index contributed by atoms with van der Waals surface area (Å²) in [5, 5.41) is 12.8.